The predicted molar refractivity (Wildman–Crippen MR) is 97.2 cm³/mol. The standard InChI is InChI=1S/C18H26N6O2/c1-14(24-21-17(20-22-24)15-6-3-2-4-7-15)18(25)23-11-8-16(9-12-23)26-13-5-10-19/h2-4,6-7,14,16H,5,8-13,19H2,1H3. The fourth-order valence-electron chi connectivity index (χ4n) is 3.03. The van der Waals surface area contributed by atoms with Gasteiger partial charge in [-0.25, -0.2) is 0 Å². The van der Waals surface area contributed by atoms with E-state index in [4.69, 9.17) is 10.5 Å². The van der Waals surface area contributed by atoms with Crippen molar-refractivity contribution in [3.05, 3.63) is 30.3 Å². The fourth-order valence-corrected chi connectivity index (χ4v) is 3.03. The van der Waals surface area contributed by atoms with E-state index >= 15 is 0 Å². The number of aromatic nitrogens is 4. The highest BCUT2D eigenvalue weighted by molar-refractivity contribution is 5.80. The second-order valence-corrected chi connectivity index (χ2v) is 6.51. The van der Waals surface area contributed by atoms with E-state index in [1.807, 2.05) is 42.2 Å². The molecule has 2 N–H and O–H groups in total. The van der Waals surface area contributed by atoms with Gasteiger partial charge in [0.05, 0.1) is 6.10 Å². The number of likely N-dealkylation sites (tertiary alicyclic amines) is 1. The van der Waals surface area contributed by atoms with Crippen molar-refractivity contribution >= 4 is 5.91 Å². The van der Waals surface area contributed by atoms with Crippen molar-refractivity contribution in [2.75, 3.05) is 26.2 Å². The average molecular weight is 358 g/mol. The van der Waals surface area contributed by atoms with Crippen LogP contribution in [0.3, 0.4) is 0 Å². The van der Waals surface area contributed by atoms with Crippen LogP contribution in [0, 0.1) is 0 Å². The number of carbonyl (C=O) groups excluding carboxylic acids is 1. The molecule has 0 bridgehead atoms. The largest absolute Gasteiger partial charge is 0.378 e. The summed E-state index contributed by atoms with van der Waals surface area (Å²) in [4.78, 5) is 16.0. The smallest absolute Gasteiger partial charge is 0.249 e. The third-order valence-electron chi connectivity index (χ3n) is 4.62. The average Bonchev–Trinajstić information content (AvgIpc) is 3.18. The molecule has 140 valence electrons. The van der Waals surface area contributed by atoms with Gasteiger partial charge in [0.1, 0.15) is 6.04 Å². The van der Waals surface area contributed by atoms with E-state index in [2.05, 4.69) is 15.4 Å². The highest BCUT2D eigenvalue weighted by Gasteiger charge is 2.28. The molecule has 8 nitrogen and oxygen atoms in total. The van der Waals surface area contributed by atoms with Crippen molar-refractivity contribution in [1.82, 2.24) is 25.1 Å². The molecule has 1 aliphatic rings. The number of hydrogen-bond acceptors (Lipinski definition) is 6. The van der Waals surface area contributed by atoms with Crippen molar-refractivity contribution in [3.63, 3.8) is 0 Å². The maximum atomic E-state index is 12.8. The number of amides is 1. The van der Waals surface area contributed by atoms with Gasteiger partial charge in [-0.1, -0.05) is 30.3 Å². The molecule has 8 heteroatoms. The number of nitrogens with two attached hydrogens (primary N) is 1. The maximum Gasteiger partial charge on any atom is 0.249 e. The van der Waals surface area contributed by atoms with Gasteiger partial charge >= 0.3 is 0 Å². The van der Waals surface area contributed by atoms with Gasteiger partial charge in [0.2, 0.25) is 11.7 Å². The number of benzene rings is 1. The van der Waals surface area contributed by atoms with Gasteiger partial charge in [0.15, 0.2) is 0 Å². The van der Waals surface area contributed by atoms with Crippen molar-refractivity contribution in [2.45, 2.75) is 38.3 Å². The Bertz CT molecular complexity index is 697. The molecule has 1 amide bonds. The predicted octanol–water partition coefficient (Wildman–Crippen LogP) is 1.26. The topological polar surface area (TPSA) is 99.2 Å². The summed E-state index contributed by atoms with van der Waals surface area (Å²) in [5.41, 5.74) is 6.36. The van der Waals surface area contributed by atoms with E-state index in [-0.39, 0.29) is 12.0 Å². The van der Waals surface area contributed by atoms with Crippen LogP contribution in [0.1, 0.15) is 32.2 Å². The Morgan fingerprint density at radius 1 is 1.31 bits per heavy atom. The van der Waals surface area contributed by atoms with Gasteiger partial charge in [0.25, 0.3) is 0 Å². The van der Waals surface area contributed by atoms with Crippen molar-refractivity contribution in [1.29, 1.82) is 0 Å². The summed E-state index contributed by atoms with van der Waals surface area (Å²) in [6.07, 6.45) is 2.79. The van der Waals surface area contributed by atoms with Crippen LogP contribution in [-0.2, 0) is 9.53 Å². The lowest BCUT2D eigenvalue weighted by molar-refractivity contribution is -0.137. The summed E-state index contributed by atoms with van der Waals surface area (Å²) in [6, 6.07) is 9.14. The second kappa shape index (κ2) is 8.86. The molecule has 1 fully saturated rings. The van der Waals surface area contributed by atoms with E-state index in [9.17, 15) is 4.79 Å². The molecular weight excluding hydrogens is 332 g/mol. The van der Waals surface area contributed by atoms with Gasteiger partial charge < -0.3 is 15.4 Å². The van der Waals surface area contributed by atoms with Crippen molar-refractivity contribution in [2.24, 2.45) is 5.73 Å². The normalized spacial score (nSPS) is 16.6. The summed E-state index contributed by atoms with van der Waals surface area (Å²) in [5, 5.41) is 12.5. The Morgan fingerprint density at radius 2 is 2.04 bits per heavy atom. The number of tetrazole rings is 1. The number of carbonyl (C=O) groups is 1. The lowest BCUT2D eigenvalue weighted by atomic mass is 10.1. The molecule has 2 aromatic rings. The van der Waals surface area contributed by atoms with E-state index in [1.165, 1.54) is 4.80 Å². The van der Waals surface area contributed by atoms with E-state index < -0.39 is 6.04 Å². The summed E-state index contributed by atoms with van der Waals surface area (Å²) in [6.45, 7) is 4.53. The van der Waals surface area contributed by atoms with Gasteiger partial charge in [-0.2, -0.15) is 4.80 Å². The Labute approximate surface area is 153 Å². The zero-order valence-electron chi connectivity index (χ0n) is 15.1. The Balaban J connectivity index is 1.55. The maximum absolute atomic E-state index is 12.8. The Kier molecular flexibility index (Phi) is 6.30. The van der Waals surface area contributed by atoms with E-state index in [0.29, 0.717) is 32.1 Å². The molecule has 3 rings (SSSR count). The Morgan fingerprint density at radius 3 is 2.73 bits per heavy atom. The third kappa shape index (κ3) is 4.44. The van der Waals surface area contributed by atoms with Crippen LogP contribution < -0.4 is 5.73 Å². The molecule has 1 unspecified atom stereocenters. The molecular formula is C18H26N6O2. The zero-order valence-corrected chi connectivity index (χ0v) is 15.1. The SMILES string of the molecule is CC(C(=O)N1CCC(OCCCN)CC1)n1nnc(-c2ccccc2)n1. The monoisotopic (exact) mass is 358 g/mol. The minimum Gasteiger partial charge on any atom is -0.378 e. The first kappa shape index (κ1) is 18.5. The van der Waals surface area contributed by atoms with Crippen LogP contribution in [0.25, 0.3) is 11.4 Å². The molecule has 1 aliphatic heterocycles. The molecule has 0 aliphatic carbocycles. The zero-order chi connectivity index (χ0) is 18.4. The summed E-state index contributed by atoms with van der Waals surface area (Å²) in [7, 11) is 0. The summed E-state index contributed by atoms with van der Waals surface area (Å²) >= 11 is 0. The first-order valence-electron chi connectivity index (χ1n) is 9.14. The minimum atomic E-state index is -0.477. The highest BCUT2D eigenvalue weighted by atomic mass is 16.5. The number of ether oxygens (including phenoxy) is 1. The summed E-state index contributed by atoms with van der Waals surface area (Å²) < 4.78 is 5.79. The van der Waals surface area contributed by atoms with Gasteiger partial charge in [-0.3, -0.25) is 4.79 Å². The van der Waals surface area contributed by atoms with Gasteiger partial charge in [-0.05, 0) is 37.9 Å². The number of hydrogen-bond donors (Lipinski definition) is 1. The molecule has 1 atom stereocenters. The molecule has 2 heterocycles. The number of rotatable bonds is 7. The fraction of sp³-hybridized carbons (Fsp3) is 0.556. The Hall–Kier alpha value is -2.32. The first-order valence-corrected chi connectivity index (χ1v) is 9.14. The third-order valence-corrected chi connectivity index (χ3v) is 4.62. The number of nitrogens with zero attached hydrogens (tertiary/aromatic N) is 5. The number of piperidine rings is 1. The second-order valence-electron chi connectivity index (χ2n) is 6.51. The van der Waals surface area contributed by atoms with Crippen LogP contribution in [-0.4, -0.2) is 63.4 Å². The van der Waals surface area contributed by atoms with Crippen LogP contribution in [0.15, 0.2) is 30.3 Å². The molecule has 1 aromatic heterocycles. The quantitative estimate of drug-likeness (QED) is 0.748. The van der Waals surface area contributed by atoms with Gasteiger partial charge in [-0.15, -0.1) is 10.2 Å². The van der Waals surface area contributed by atoms with Gasteiger partial charge in [0, 0.05) is 25.3 Å². The van der Waals surface area contributed by atoms with Crippen LogP contribution >= 0.6 is 0 Å². The lowest BCUT2D eigenvalue weighted by Gasteiger charge is -2.33. The first-order chi connectivity index (χ1) is 12.7. The van der Waals surface area contributed by atoms with Crippen LogP contribution in [0.2, 0.25) is 0 Å². The van der Waals surface area contributed by atoms with E-state index in [0.717, 1.165) is 24.8 Å². The molecule has 26 heavy (non-hydrogen) atoms. The molecule has 1 saturated heterocycles. The molecule has 1 aromatic carbocycles. The van der Waals surface area contributed by atoms with Crippen molar-refractivity contribution in [3.8, 4) is 11.4 Å². The van der Waals surface area contributed by atoms with Crippen LogP contribution in [0.5, 0.6) is 0 Å². The lowest BCUT2D eigenvalue weighted by Crippen LogP contribution is -2.44. The minimum absolute atomic E-state index is 0.0161. The summed E-state index contributed by atoms with van der Waals surface area (Å²) in [5.74, 6) is 0.541. The highest BCUT2D eigenvalue weighted by Crippen LogP contribution is 2.18. The molecule has 0 radical (unpaired) electrons. The molecule has 0 spiro atoms. The van der Waals surface area contributed by atoms with Crippen molar-refractivity contribution < 1.29 is 9.53 Å². The van der Waals surface area contributed by atoms with Crippen LogP contribution in [0.4, 0.5) is 0 Å². The van der Waals surface area contributed by atoms with E-state index in [1.54, 1.807) is 0 Å². The molecule has 0 saturated carbocycles.